The van der Waals surface area contributed by atoms with Crippen LogP contribution < -0.4 is 10.6 Å². The Hall–Kier alpha value is -4.63. The molecule has 1 heterocycles. The Bertz CT molecular complexity index is 1470. The van der Waals surface area contributed by atoms with Gasteiger partial charge >= 0.3 is 12.1 Å². The van der Waals surface area contributed by atoms with Gasteiger partial charge in [-0.05, 0) is 43.2 Å². The Morgan fingerprint density at radius 1 is 1.00 bits per heavy atom. The van der Waals surface area contributed by atoms with Crippen LogP contribution in [0, 0.1) is 6.92 Å². The minimum atomic E-state index is -1.18. The number of rotatable bonds is 9. The number of aryl methyl sites for hydroxylation is 1. The second kappa shape index (κ2) is 12.3. The molecule has 4 aromatic rings. The summed E-state index contributed by atoms with van der Waals surface area (Å²) in [5.74, 6) is -1.46. The number of hydrogen-bond acceptors (Lipinski definition) is 6. The molecule has 0 saturated heterocycles. The van der Waals surface area contributed by atoms with Crippen molar-refractivity contribution < 1.29 is 28.8 Å². The zero-order valence-electron chi connectivity index (χ0n) is 21.2. The van der Waals surface area contributed by atoms with Crippen molar-refractivity contribution in [1.82, 2.24) is 10.5 Å². The predicted molar refractivity (Wildman–Crippen MR) is 146 cm³/mol. The van der Waals surface area contributed by atoms with E-state index in [1.165, 1.54) is 12.1 Å². The third-order valence-electron chi connectivity index (χ3n) is 6.04. The van der Waals surface area contributed by atoms with Gasteiger partial charge in [0.15, 0.2) is 5.76 Å². The summed E-state index contributed by atoms with van der Waals surface area (Å²) in [7, 11) is 0. The van der Waals surface area contributed by atoms with Crippen molar-refractivity contribution in [3.8, 4) is 11.3 Å². The number of carboxylic acid groups (broad SMARTS) is 1. The highest BCUT2D eigenvalue weighted by molar-refractivity contribution is 6.31. The molecular formula is C29H26ClN3O6. The highest BCUT2D eigenvalue weighted by Crippen LogP contribution is 2.31. The van der Waals surface area contributed by atoms with Crippen LogP contribution in [-0.4, -0.2) is 34.3 Å². The van der Waals surface area contributed by atoms with Crippen molar-refractivity contribution in [2.24, 2.45) is 0 Å². The number of ether oxygens (including phenoxy) is 1. The van der Waals surface area contributed by atoms with Crippen LogP contribution >= 0.6 is 11.6 Å². The molecule has 2 unspecified atom stereocenters. The van der Waals surface area contributed by atoms with Crippen molar-refractivity contribution in [2.45, 2.75) is 32.4 Å². The molecule has 0 aliphatic carbocycles. The van der Waals surface area contributed by atoms with Crippen LogP contribution in [0.15, 0.2) is 83.4 Å². The summed E-state index contributed by atoms with van der Waals surface area (Å²) in [6.07, 6.45) is -1.11. The minimum Gasteiger partial charge on any atom is -0.480 e. The average Bonchev–Trinajstić information content (AvgIpc) is 3.29. The summed E-state index contributed by atoms with van der Waals surface area (Å²) in [5, 5.41) is 19.2. The largest absolute Gasteiger partial charge is 0.480 e. The van der Waals surface area contributed by atoms with Gasteiger partial charge in [-0.3, -0.25) is 10.1 Å². The molecule has 39 heavy (non-hydrogen) atoms. The molecule has 0 fully saturated rings. The highest BCUT2D eigenvalue weighted by Gasteiger charge is 2.23. The maximum atomic E-state index is 12.8. The molecule has 9 nitrogen and oxygen atoms in total. The van der Waals surface area contributed by atoms with Crippen molar-refractivity contribution >= 4 is 35.3 Å². The second-order valence-electron chi connectivity index (χ2n) is 8.79. The zero-order valence-corrected chi connectivity index (χ0v) is 21.9. The predicted octanol–water partition coefficient (Wildman–Crippen LogP) is 6.04. The number of nitrogens with zero attached hydrogens (tertiary/aromatic N) is 1. The Kier molecular flexibility index (Phi) is 8.63. The van der Waals surface area contributed by atoms with Crippen molar-refractivity contribution in [2.75, 3.05) is 5.32 Å². The number of amides is 2. The van der Waals surface area contributed by atoms with E-state index in [4.69, 9.17) is 20.9 Å². The first-order chi connectivity index (χ1) is 18.7. The molecule has 0 saturated carbocycles. The molecule has 0 radical (unpaired) electrons. The summed E-state index contributed by atoms with van der Waals surface area (Å²) in [6.45, 7) is 3.44. The summed E-state index contributed by atoms with van der Waals surface area (Å²) in [6, 6.07) is 21.3. The molecule has 0 spiro atoms. The zero-order chi connectivity index (χ0) is 27.9. The van der Waals surface area contributed by atoms with Gasteiger partial charge < -0.3 is 19.7 Å². The van der Waals surface area contributed by atoms with E-state index >= 15 is 0 Å². The van der Waals surface area contributed by atoms with Gasteiger partial charge in [0.1, 0.15) is 23.5 Å². The summed E-state index contributed by atoms with van der Waals surface area (Å²) in [5.41, 5.74) is 3.03. The lowest BCUT2D eigenvalue weighted by Crippen LogP contribution is -2.42. The molecule has 3 N–H and O–H groups in total. The number of halogens is 1. The molecule has 1 aromatic heterocycles. The van der Waals surface area contributed by atoms with Gasteiger partial charge in [0.05, 0.1) is 0 Å². The Balaban J connectivity index is 1.44. The normalized spacial score (nSPS) is 12.3. The summed E-state index contributed by atoms with van der Waals surface area (Å²) < 4.78 is 10.9. The number of aliphatic carboxylic acids is 1. The van der Waals surface area contributed by atoms with Crippen LogP contribution in [0.2, 0.25) is 5.02 Å². The standard InChI is InChI=1S/C29H26ClN3O6/c1-17-25(32-29(37)38-18(2)19-8-4-3-5-9-19)26(39-33-17)20-12-14-21(15-13-20)27(34)31-24(28(35)36)16-22-10-6-7-11-23(22)30/h3-15,18,24H,16H2,1-2H3,(H,31,34)(H,32,37)(H,35,36). The maximum absolute atomic E-state index is 12.8. The van der Waals surface area contributed by atoms with E-state index in [-0.39, 0.29) is 17.7 Å². The van der Waals surface area contributed by atoms with Crippen LogP contribution in [-0.2, 0) is 16.0 Å². The first-order valence-electron chi connectivity index (χ1n) is 12.1. The van der Waals surface area contributed by atoms with Gasteiger partial charge in [0.25, 0.3) is 5.91 Å². The first-order valence-corrected chi connectivity index (χ1v) is 12.5. The maximum Gasteiger partial charge on any atom is 0.412 e. The van der Waals surface area contributed by atoms with Crippen LogP contribution in [0.3, 0.4) is 0 Å². The third-order valence-corrected chi connectivity index (χ3v) is 6.41. The molecule has 2 atom stereocenters. The Morgan fingerprint density at radius 2 is 1.67 bits per heavy atom. The highest BCUT2D eigenvalue weighted by atomic mass is 35.5. The average molecular weight is 548 g/mol. The van der Waals surface area contributed by atoms with E-state index < -0.39 is 30.1 Å². The van der Waals surface area contributed by atoms with Crippen LogP contribution in [0.5, 0.6) is 0 Å². The van der Waals surface area contributed by atoms with Gasteiger partial charge in [-0.2, -0.15) is 0 Å². The van der Waals surface area contributed by atoms with Gasteiger partial charge in [0, 0.05) is 22.6 Å². The van der Waals surface area contributed by atoms with Gasteiger partial charge in [-0.1, -0.05) is 77.4 Å². The monoisotopic (exact) mass is 547 g/mol. The Labute approximate surface area is 229 Å². The fourth-order valence-electron chi connectivity index (χ4n) is 3.90. The van der Waals surface area contributed by atoms with E-state index in [2.05, 4.69) is 15.8 Å². The van der Waals surface area contributed by atoms with E-state index in [1.54, 1.807) is 50.2 Å². The number of anilines is 1. The number of carboxylic acids is 1. The fourth-order valence-corrected chi connectivity index (χ4v) is 4.11. The molecule has 4 rings (SSSR count). The number of nitrogens with one attached hydrogen (secondary N) is 2. The summed E-state index contributed by atoms with van der Waals surface area (Å²) in [4.78, 5) is 37.1. The van der Waals surface area contributed by atoms with Crippen LogP contribution in [0.1, 0.15) is 40.2 Å². The number of aromatic nitrogens is 1. The lowest BCUT2D eigenvalue weighted by Gasteiger charge is -2.16. The Morgan fingerprint density at radius 3 is 2.33 bits per heavy atom. The fraction of sp³-hybridized carbons (Fsp3) is 0.172. The number of carbonyl (C=O) groups is 3. The SMILES string of the molecule is Cc1noc(-c2ccc(C(=O)NC(Cc3ccccc3Cl)C(=O)O)cc2)c1NC(=O)OC(C)c1ccccc1. The molecular weight excluding hydrogens is 522 g/mol. The number of benzene rings is 3. The molecule has 0 aliphatic heterocycles. The molecule has 10 heteroatoms. The molecule has 200 valence electrons. The van der Waals surface area contributed by atoms with Crippen LogP contribution in [0.4, 0.5) is 10.5 Å². The van der Waals surface area contributed by atoms with E-state index in [1.807, 2.05) is 30.3 Å². The van der Waals surface area contributed by atoms with Crippen molar-refractivity contribution in [3.05, 3.63) is 106 Å². The number of hydrogen-bond donors (Lipinski definition) is 3. The van der Waals surface area contributed by atoms with Crippen molar-refractivity contribution in [3.63, 3.8) is 0 Å². The topological polar surface area (TPSA) is 131 Å². The molecule has 2 amide bonds. The third kappa shape index (κ3) is 6.82. The van der Waals surface area contributed by atoms with Gasteiger partial charge in [0.2, 0.25) is 0 Å². The molecule has 3 aromatic carbocycles. The number of carbonyl (C=O) groups excluding carboxylic acids is 2. The lowest BCUT2D eigenvalue weighted by molar-refractivity contribution is -0.139. The smallest absolute Gasteiger partial charge is 0.412 e. The van der Waals surface area contributed by atoms with E-state index in [0.717, 1.165) is 5.56 Å². The molecule has 0 bridgehead atoms. The second-order valence-corrected chi connectivity index (χ2v) is 9.20. The quantitative estimate of drug-likeness (QED) is 0.233. The summed E-state index contributed by atoms with van der Waals surface area (Å²) >= 11 is 6.15. The van der Waals surface area contributed by atoms with Gasteiger partial charge in [-0.25, -0.2) is 9.59 Å². The van der Waals surface area contributed by atoms with Crippen molar-refractivity contribution in [1.29, 1.82) is 0 Å². The minimum absolute atomic E-state index is 0.0319. The van der Waals surface area contributed by atoms with Gasteiger partial charge in [-0.15, -0.1) is 0 Å². The first kappa shape index (κ1) is 27.4. The van der Waals surface area contributed by atoms with E-state index in [0.29, 0.717) is 27.5 Å². The van der Waals surface area contributed by atoms with Crippen LogP contribution in [0.25, 0.3) is 11.3 Å². The lowest BCUT2D eigenvalue weighted by atomic mass is 10.0. The molecule has 0 aliphatic rings. The van der Waals surface area contributed by atoms with E-state index in [9.17, 15) is 19.5 Å².